The van der Waals surface area contributed by atoms with Crippen molar-refractivity contribution in [1.82, 2.24) is 9.88 Å². The van der Waals surface area contributed by atoms with Crippen LogP contribution < -0.4 is 5.32 Å². The number of halogens is 3. The zero-order valence-corrected chi connectivity index (χ0v) is 11.9. The summed E-state index contributed by atoms with van der Waals surface area (Å²) in [5.41, 5.74) is -0.0370. The SMILES string of the molecule is O=C(O)c1cccc(NCC2CCN(CC(F)(F)F)CC2)n1. The van der Waals surface area contributed by atoms with E-state index in [9.17, 15) is 18.0 Å². The van der Waals surface area contributed by atoms with E-state index < -0.39 is 18.7 Å². The van der Waals surface area contributed by atoms with E-state index in [1.54, 1.807) is 12.1 Å². The van der Waals surface area contributed by atoms with Crippen molar-refractivity contribution >= 4 is 11.8 Å². The number of aromatic nitrogens is 1. The molecule has 1 aliphatic rings. The van der Waals surface area contributed by atoms with E-state index in [1.807, 2.05) is 0 Å². The molecule has 0 spiro atoms. The summed E-state index contributed by atoms with van der Waals surface area (Å²) in [6.45, 7) is 0.578. The molecule has 0 saturated carbocycles. The van der Waals surface area contributed by atoms with E-state index in [2.05, 4.69) is 10.3 Å². The van der Waals surface area contributed by atoms with E-state index in [-0.39, 0.29) is 11.6 Å². The van der Waals surface area contributed by atoms with Crippen LogP contribution in [0.1, 0.15) is 23.3 Å². The van der Waals surface area contributed by atoms with E-state index in [0.29, 0.717) is 38.3 Å². The predicted octanol–water partition coefficient (Wildman–Crippen LogP) is 2.47. The van der Waals surface area contributed by atoms with Gasteiger partial charge in [-0.15, -0.1) is 0 Å². The highest BCUT2D eigenvalue weighted by atomic mass is 19.4. The van der Waals surface area contributed by atoms with Crippen LogP contribution in [-0.2, 0) is 0 Å². The Balaban J connectivity index is 1.77. The van der Waals surface area contributed by atoms with Gasteiger partial charge in [0.1, 0.15) is 5.82 Å². The predicted molar refractivity (Wildman–Crippen MR) is 74.9 cm³/mol. The number of hydrogen-bond acceptors (Lipinski definition) is 4. The largest absolute Gasteiger partial charge is 0.477 e. The summed E-state index contributed by atoms with van der Waals surface area (Å²) in [7, 11) is 0. The summed E-state index contributed by atoms with van der Waals surface area (Å²) in [6, 6.07) is 4.68. The molecule has 22 heavy (non-hydrogen) atoms. The Morgan fingerprint density at radius 3 is 2.64 bits per heavy atom. The highest BCUT2D eigenvalue weighted by molar-refractivity contribution is 5.85. The van der Waals surface area contributed by atoms with E-state index in [0.717, 1.165) is 0 Å². The summed E-state index contributed by atoms with van der Waals surface area (Å²) in [6.07, 6.45) is -2.78. The maximum Gasteiger partial charge on any atom is 0.401 e. The smallest absolute Gasteiger partial charge is 0.401 e. The zero-order valence-electron chi connectivity index (χ0n) is 11.9. The number of anilines is 1. The van der Waals surface area contributed by atoms with Crippen LogP contribution in [0.5, 0.6) is 0 Å². The van der Waals surface area contributed by atoms with Gasteiger partial charge in [-0.2, -0.15) is 13.2 Å². The van der Waals surface area contributed by atoms with Gasteiger partial charge in [-0.05, 0) is 44.0 Å². The number of piperidine rings is 1. The fourth-order valence-corrected chi connectivity index (χ4v) is 2.50. The molecule has 1 saturated heterocycles. The number of rotatable bonds is 5. The van der Waals surface area contributed by atoms with Gasteiger partial charge in [-0.3, -0.25) is 4.90 Å². The van der Waals surface area contributed by atoms with Crippen LogP contribution in [0.2, 0.25) is 0 Å². The molecule has 0 amide bonds. The Bertz CT molecular complexity index is 514. The monoisotopic (exact) mass is 317 g/mol. The third-order valence-electron chi connectivity index (χ3n) is 3.65. The normalized spacial score (nSPS) is 17.4. The molecule has 0 bridgehead atoms. The second-order valence-corrected chi connectivity index (χ2v) is 5.43. The zero-order chi connectivity index (χ0) is 16.2. The minimum atomic E-state index is -4.15. The molecule has 0 aromatic carbocycles. The number of nitrogens with one attached hydrogen (secondary N) is 1. The van der Waals surface area contributed by atoms with Crippen LogP contribution >= 0.6 is 0 Å². The molecule has 1 aliphatic heterocycles. The Hall–Kier alpha value is -1.83. The van der Waals surface area contributed by atoms with E-state index in [4.69, 9.17) is 5.11 Å². The molecule has 2 rings (SSSR count). The number of nitrogens with zero attached hydrogens (tertiary/aromatic N) is 2. The standard InChI is InChI=1S/C14H18F3N3O2/c15-14(16,17)9-20-6-4-10(5-7-20)8-18-12-3-1-2-11(19-12)13(21)22/h1-3,10H,4-9H2,(H,18,19)(H,21,22). The number of likely N-dealkylation sites (tertiary alicyclic amines) is 1. The first-order chi connectivity index (χ1) is 10.3. The van der Waals surface area contributed by atoms with Crippen LogP contribution in [0.25, 0.3) is 0 Å². The van der Waals surface area contributed by atoms with Crippen molar-refractivity contribution in [2.45, 2.75) is 19.0 Å². The summed E-state index contributed by atoms with van der Waals surface area (Å²) < 4.78 is 36.9. The molecule has 1 fully saturated rings. The number of carbonyl (C=O) groups is 1. The average molecular weight is 317 g/mol. The van der Waals surface area contributed by atoms with Crippen molar-refractivity contribution in [1.29, 1.82) is 0 Å². The second kappa shape index (κ2) is 6.95. The maximum absolute atomic E-state index is 12.3. The van der Waals surface area contributed by atoms with Crippen molar-refractivity contribution in [2.75, 3.05) is 31.5 Å². The molecule has 5 nitrogen and oxygen atoms in total. The molecule has 0 aliphatic carbocycles. The van der Waals surface area contributed by atoms with E-state index >= 15 is 0 Å². The molecular formula is C14H18F3N3O2. The first kappa shape index (κ1) is 16.5. The number of aromatic carboxylic acids is 1. The first-order valence-corrected chi connectivity index (χ1v) is 7.07. The van der Waals surface area contributed by atoms with Crippen molar-refractivity contribution in [3.8, 4) is 0 Å². The van der Waals surface area contributed by atoms with Gasteiger partial charge in [0.15, 0.2) is 5.69 Å². The Morgan fingerprint density at radius 2 is 2.05 bits per heavy atom. The van der Waals surface area contributed by atoms with Gasteiger partial charge in [0.25, 0.3) is 0 Å². The van der Waals surface area contributed by atoms with Crippen LogP contribution in [0.15, 0.2) is 18.2 Å². The summed E-state index contributed by atoms with van der Waals surface area (Å²) in [5.74, 6) is -0.360. The highest BCUT2D eigenvalue weighted by Crippen LogP contribution is 2.22. The molecule has 2 heterocycles. The van der Waals surface area contributed by atoms with Crippen molar-refractivity contribution < 1.29 is 23.1 Å². The molecule has 8 heteroatoms. The van der Waals surface area contributed by atoms with Crippen LogP contribution in [0, 0.1) is 5.92 Å². The topological polar surface area (TPSA) is 65.5 Å². The van der Waals surface area contributed by atoms with Crippen molar-refractivity contribution in [3.63, 3.8) is 0 Å². The first-order valence-electron chi connectivity index (χ1n) is 7.07. The summed E-state index contributed by atoms with van der Waals surface area (Å²) in [5, 5.41) is 11.9. The molecular weight excluding hydrogens is 299 g/mol. The summed E-state index contributed by atoms with van der Waals surface area (Å²) >= 11 is 0. The lowest BCUT2D eigenvalue weighted by Gasteiger charge is -2.32. The second-order valence-electron chi connectivity index (χ2n) is 5.43. The van der Waals surface area contributed by atoms with Crippen molar-refractivity contribution in [3.05, 3.63) is 23.9 Å². The van der Waals surface area contributed by atoms with Crippen LogP contribution in [0.4, 0.5) is 19.0 Å². The van der Waals surface area contributed by atoms with Gasteiger partial charge in [0.05, 0.1) is 6.54 Å². The summed E-state index contributed by atoms with van der Waals surface area (Å²) in [4.78, 5) is 16.2. The quantitative estimate of drug-likeness (QED) is 0.873. The Labute approximate surface area is 126 Å². The maximum atomic E-state index is 12.3. The molecule has 2 N–H and O–H groups in total. The van der Waals surface area contributed by atoms with Gasteiger partial charge in [-0.25, -0.2) is 9.78 Å². The fraction of sp³-hybridized carbons (Fsp3) is 0.571. The lowest BCUT2D eigenvalue weighted by Crippen LogP contribution is -2.41. The third-order valence-corrected chi connectivity index (χ3v) is 3.65. The van der Waals surface area contributed by atoms with Gasteiger partial charge < -0.3 is 10.4 Å². The highest BCUT2D eigenvalue weighted by Gasteiger charge is 2.32. The van der Waals surface area contributed by atoms with Crippen LogP contribution in [-0.4, -0.2) is 53.3 Å². The Kier molecular flexibility index (Phi) is 5.23. The lowest BCUT2D eigenvalue weighted by atomic mass is 9.97. The number of carboxylic acids is 1. The molecule has 0 unspecified atom stereocenters. The van der Waals surface area contributed by atoms with Gasteiger partial charge >= 0.3 is 12.1 Å². The molecule has 0 atom stereocenters. The molecule has 1 aromatic rings. The minimum absolute atomic E-state index is 0.0370. The Morgan fingerprint density at radius 1 is 1.36 bits per heavy atom. The third kappa shape index (κ3) is 5.18. The van der Waals surface area contributed by atoms with Crippen molar-refractivity contribution in [2.24, 2.45) is 5.92 Å². The number of pyridine rings is 1. The van der Waals surface area contributed by atoms with Gasteiger partial charge in [0, 0.05) is 6.54 Å². The van der Waals surface area contributed by atoms with Crippen LogP contribution in [0.3, 0.4) is 0 Å². The number of carboxylic acid groups (broad SMARTS) is 1. The number of alkyl halides is 3. The fourth-order valence-electron chi connectivity index (χ4n) is 2.50. The number of hydrogen-bond donors (Lipinski definition) is 2. The molecule has 0 radical (unpaired) electrons. The lowest BCUT2D eigenvalue weighted by molar-refractivity contribution is -0.148. The van der Waals surface area contributed by atoms with Gasteiger partial charge in [-0.1, -0.05) is 6.07 Å². The molecule has 1 aromatic heterocycles. The van der Waals surface area contributed by atoms with E-state index in [1.165, 1.54) is 11.0 Å². The van der Waals surface area contributed by atoms with Gasteiger partial charge in [0.2, 0.25) is 0 Å². The minimum Gasteiger partial charge on any atom is -0.477 e. The molecule has 122 valence electrons. The average Bonchev–Trinajstić information content (AvgIpc) is 2.45.